The second kappa shape index (κ2) is 8.48. The second-order valence-electron chi connectivity index (χ2n) is 7.76. The summed E-state index contributed by atoms with van der Waals surface area (Å²) in [5.74, 6) is 0. The van der Waals surface area contributed by atoms with Gasteiger partial charge in [-0.2, -0.15) is 13.2 Å². The van der Waals surface area contributed by atoms with Gasteiger partial charge in [0.05, 0.1) is 11.3 Å². The normalized spacial score (nSPS) is 14.0. The fourth-order valence-corrected chi connectivity index (χ4v) is 4.22. The molecule has 8 heteroatoms. The van der Waals surface area contributed by atoms with Crippen molar-refractivity contribution in [2.75, 3.05) is 13.1 Å². The third-order valence-corrected chi connectivity index (χ3v) is 5.82. The summed E-state index contributed by atoms with van der Waals surface area (Å²) < 4.78 is 39.9. The van der Waals surface area contributed by atoms with E-state index < -0.39 is 11.7 Å². The van der Waals surface area contributed by atoms with Gasteiger partial charge in [0.2, 0.25) is 0 Å². The molecule has 0 radical (unpaired) electrons. The number of hydrogen-bond acceptors (Lipinski definition) is 2. The van der Waals surface area contributed by atoms with Gasteiger partial charge in [0.1, 0.15) is 0 Å². The van der Waals surface area contributed by atoms with E-state index in [9.17, 15) is 18.0 Å². The van der Waals surface area contributed by atoms with Crippen molar-refractivity contribution in [2.24, 2.45) is 0 Å². The number of benzene rings is 2. The van der Waals surface area contributed by atoms with E-state index in [1.54, 1.807) is 16.8 Å². The summed E-state index contributed by atoms with van der Waals surface area (Å²) >= 11 is 0. The average molecular weight is 460 g/mol. The van der Waals surface area contributed by atoms with Gasteiger partial charge in [0.25, 0.3) is 5.56 Å². The number of hydrogen-bond donors (Lipinski definition) is 2. The Morgan fingerprint density at radius 3 is 2.34 bits per heavy atom. The van der Waals surface area contributed by atoms with E-state index in [1.807, 2.05) is 18.2 Å². The molecule has 4 nitrogen and oxygen atoms in total. The fourth-order valence-electron chi connectivity index (χ4n) is 4.22. The Labute approximate surface area is 188 Å². The zero-order valence-electron chi connectivity index (χ0n) is 17.0. The van der Waals surface area contributed by atoms with Crippen molar-refractivity contribution < 1.29 is 13.2 Å². The number of fused-ring (bicyclic) bond motifs is 3. The number of aromatic nitrogens is 2. The van der Waals surface area contributed by atoms with Crippen molar-refractivity contribution in [2.45, 2.75) is 19.0 Å². The van der Waals surface area contributed by atoms with E-state index in [2.05, 4.69) is 10.3 Å². The number of rotatable bonds is 2. The van der Waals surface area contributed by atoms with Crippen LogP contribution in [0.2, 0.25) is 0 Å². The number of alkyl halides is 3. The molecule has 0 unspecified atom stereocenters. The summed E-state index contributed by atoms with van der Waals surface area (Å²) in [6, 6.07) is 13.9. The molecule has 2 N–H and O–H groups in total. The Morgan fingerprint density at radius 1 is 0.875 bits per heavy atom. The highest BCUT2D eigenvalue weighted by atomic mass is 35.5. The van der Waals surface area contributed by atoms with Crippen LogP contribution in [0.25, 0.3) is 27.7 Å². The van der Waals surface area contributed by atoms with Crippen molar-refractivity contribution in [3.05, 3.63) is 88.0 Å². The summed E-state index contributed by atoms with van der Waals surface area (Å²) in [5.41, 5.74) is 4.50. The molecule has 166 valence electrons. The van der Waals surface area contributed by atoms with Gasteiger partial charge in [-0.25, -0.2) is 0 Å². The highest BCUT2D eigenvalue weighted by Gasteiger charge is 2.30. The van der Waals surface area contributed by atoms with Gasteiger partial charge >= 0.3 is 6.18 Å². The lowest BCUT2D eigenvalue weighted by molar-refractivity contribution is -0.137. The Balaban J connectivity index is 0.00000245. The average Bonchev–Trinajstić information content (AvgIpc) is 2.93. The predicted molar refractivity (Wildman–Crippen MR) is 122 cm³/mol. The first kappa shape index (κ1) is 22.2. The number of nitrogens with zero attached hydrogens (tertiary/aromatic N) is 1. The zero-order valence-corrected chi connectivity index (χ0v) is 17.8. The maximum absolute atomic E-state index is 12.8. The van der Waals surface area contributed by atoms with Gasteiger partial charge in [0, 0.05) is 41.8 Å². The first-order valence-corrected chi connectivity index (χ1v) is 10.1. The molecule has 0 amide bonds. The topological polar surface area (TPSA) is 49.8 Å². The standard InChI is InChI=1S/C24H20F3N3O.ClH/c25-24(26,27)17-3-1-15(2-4-17)16-9-12-30(23(31)13-16)18-5-6-19-20-7-10-28-11-8-21(20)29-22(19)14-18;/h1-6,9,12-14,28-29H,7-8,10-11H2;1H. The third-order valence-electron chi connectivity index (χ3n) is 5.82. The van der Waals surface area contributed by atoms with Crippen LogP contribution < -0.4 is 10.9 Å². The van der Waals surface area contributed by atoms with E-state index in [-0.39, 0.29) is 18.0 Å². The van der Waals surface area contributed by atoms with Crippen molar-refractivity contribution >= 4 is 23.3 Å². The number of aromatic amines is 1. The molecule has 2 aromatic carbocycles. The summed E-state index contributed by atoms with van der Waals surface area (Å²) in [7, 11) is 0. The maximum Gasteiger partial charge on any atom is 0.416 e. The van der Waals surface area contributed by atoms with Crippen LogP contribution in [0.5, 0.6) is 0 Å². The van der Waals surface area contributed by atoms with E-state index in [4.69, 9.17) is 0 Å². The largest absolute Gasteiger partial charge is 0.416 e. The molecule has 3 heterocycles. The molecule has 0 fully saturated rings. The molecule has 4 aromatic rings. The second-order valence-corrected chi connectivity index (χ2v) is 7.76. The number of H-pyrrole nitrogens is 1. The lowest BCUT2D eigenvalue weighted by Crippen LogP contribution is -2.17. The van der Waals surface area contributed by atoms with Crippen molar-refractivity contribution in [3.8, 4) is 16.8 Å². The van der Waals surface area contributed by atoms with Crippen molar-refractivity contribution in [1.82, 2.24) is 14.9 Å². The molecule has 0 atom stereocenters. The Hall–Kier alpha value is -3.03. The first-order valence-electron chi connectivity index (χ1n) is 10.1. The van der Waals surface area contributed by atoms with Gasteiger partial charge in [-0.3, -0.25) is 9.36 Å². The van der Waals surface area contributed by atoms with Gasteiger partial charge < -0.3 is 10.3 Å². The lowest BCUT2D eigenvalue weighted by Gasteiger charge is -2.10. The fraction of sp³-hybridized carbons (Fsp3) is 0.208. The van der Waals surface area contributed by atoms with E-state index in [1.165, 1.54) is 34.8 Å². The minimum absolute atomic E-state index is 0. The quantitative estimate of drug-likeness (QED) is 0.437. The molecule has 2 aromatic heterocycles. The molecule has 0 saturated heterocycles. The third kappa shape index (κ3) is 4.06. The molecule has 1 aliphatic heterocycles. The van der Waals surface area contributed by atoms with Crippen LogP contribution in [-0.4, -0.2) is 22.6 Å². The van der Waals surface area contributed by atoms with Crippen LogP contribution >= 0.6 is 12.4 Å². The zero-order chi connectivity index (χ0) is 21.6. The molecule has 0 spiro atoms. The van der Waals surface area contributed by atoms with Crippen LogP contribution in [0.15, 0.2) is 65.6 Å². The minimum atomic E-state index is -4.38. The molecule has 0 bridgehead atoms. The summed E-state index contributed by atoms with van der Waals surface area (Å²) in [6.07, 6.45) is -0.806. The van der Waals surface area contributed by atoms with Crippen molar-refractivity contribution in [1.29, 1.82) is 0 Å². The Bertz CT molecular complexity index is 1320. The minimum Gasteiger partial charge on any atom is -0.358 e. The molecule has 0 saturated carbocycles. The van der Waals surface area contributed by atoms with E-state index >= 15 is 0 Å². The highest BCUT2D eigenvalue weighted by molar-refractivity contribution is 5.86. The Kier molecular flexibility index (Phi) is 5.88. The van der Waals surface area contributed by atoms with Gasteiger partial charge in [0.15, 0.2) is 0 Å². The summed E-state index contributed by atoms with van der Waals surface area (Å²) in [6.45, 7) is 1.89. The molecular weight excluding hydrogens is 439 g/mol. The monoisotopic (exact) mass is 459 g/mol. The predicted octanol–water partition coefficient (Wildman–Crippen LogP) is 5.11. The van der Waals surface area contributed by atoms with Gasteiger partial charge in [-0.05, 0) is 60.0 Å². The van der Waals surface area contributed by atoms with Crippen LogP contribution in [0.4, 0.5) is 13.2 Å². The number of pyridine rings is 1. The van der Waals surface area contributed by atoms with Crippen molar-refractivity contribution in [3.63, 3.8) is 0 Å². The Morgan fingerprint density at radius 2 is 1.62 bits per heavy atom. The van der Waals surface area contributed by atoms with E-state index in [0.717, 1.165) is 49.3 Å². The van der Waals surface area contributed by atoms with E-state index in [0.29, 0.717) is 11.1 Å². The molecule has 32 heavy (non-hydrogen) atoms. The number of nitrogens with one attached hydrogen (secondary N) is 2. The molecule has 5 rings (SSSR count). The smallest absolute Gasteiger partial charge is 0.358 e. The molecule has 1 aliphatic rings. The van der Waals surface area contributed by atoms with Crippen LogP contribution in [-0.2, 0) is 19.0 Å². The summed E-state index contributed by atoms with van der Waals surface area (Å²) in [5, 5.41) is 4.58. The first-order chi connectivity index (χ1) is 14.9. The van der Waals surface area contributed by atoms with Gasteiger partial charge in [-0.1, -0.05) is 18.2 Å². The lowest BCUT2D eigenvalue weighted by atomic mass is 10.0. The number of halogens is 4. The highest BCUT2D eigenvalue weighted by Crippen LogP contribution is 2.31. The van der Waals surface area contributed by atoms with Crippen LogP contribution in [0.3, 0.4) is 0 Å². The summed E-state index contributed by atoms with van der Waals surface area (Å²) in [4.78, 5) is 16.3. The van der Waals surface area contributed by atoms with Crippen LogP contribution in [0.1, 0.15) is 16.8 Å². The molecule has 0 aliphatic carbocycles. The maximum atomic E-state index is 12.8. The molecular formula is C24H21ClF3N3O. The van der Waals surface area contributed by atoms with Gasteiger partial charge in [-0.15, -0.1) is 12.4 Å². The van der Waals surface area contributed by atoms with Crippen LogP contribution in [0, 0.1) is 0 Å². The SMILES string of the molecule is Cl.O=c1cc(-c2ccc(C(F)(F)F)cc2)ccn1-c1ccc2c3c([nH]c2c1)CCNCC3.